The van der Waals surface area contributed by atoms with Gasteiger partial charge in [0.2, 0.25) is 0 Å². The molecule has 0 unspecified atom stereocenters. The SMILES string of the molecule is C/C(=N/NC(=O)CN1C(=O)COc2ccccc21)c1ccc2c(c1)OCCCO2. The van der Waals surface area contributed by atoms with Gasteiger partial charge in [0.25, 0.3) is 11.8 Å². The third-order valence-corrected chi connectivity index (χ3v) is 4.62. The summed E-state index contributed by atoms with van der Waals surface area (Å²) in [7, 11) is 0. The van der Waals surface area contributed by atoms with Crippen molar-refractivity contribution < 1.29 is 23.8 Å². The van der Waals surface area contributed by atoms with E-state index in [2.05, 4.69) is 10.5 Å². The second-order valence-electron chi connectivity index (χ2n) is 6.68. The maximum Gasteiger partial charge on any atom is 0.265 e. The third-order valence-electron chi connectivity index (χ3n) is 4.62. The van der Waals surface area contributed by atoms with Crippen molar-refractivity contribution in [1.82, 2.24) is 5.43 Å². The molecular formula is C21H21N3O5. The highest BCUT2D eigenvalue weighted by Gasteiger charge is 2.26. The van der Waals surface area contributed by atoms with Crippen molar-refractivity contribution in [3.8, 4) is 17.2 Å². The zero-order valence-electron chi connectivity index (χ0n) is 16.0. The largest absolute Gasteiger partial charge is 0.490 e. The quantitative estimate of drug-likeness (QED) is 0.633. The monoisotopic (exact) mass is 395 g/mol. The number of benzene rings is 2. The second-order valence-corrected chi connectivity index (χ2v) is 6.68. The van der Waals surface area contributed by atoms with Gasteiger partial charge in [-0.1, -0.05) is 12.1 Å². The summed E-state index contributed by atoms with van der Waals surface area (Å²) >= 11 is 0. The zero-order chi connectivity index (χ0) is 20.2. The van der Waals surface area contributed by atoms with Crippen molar-refractivity contribution in [1.29, 1.82) is 0 Å². The number of para-hydroxylation sites is 2. The van der Waals surface area contributed by atoms with Crippen molar-refractivity contribution >= 4 is 23.2 Å². The van der Waals surface area contributed by atoms with Gasteiger partial charge in [0.15, 0.2) is 18.1 Å². The number of nitrogens with zero attached hydrogens (tertiary/aromatic N) is 2. The van der Waals surface area contributed by atoms with Crippen molar-refractivity contribution in [3.63, 3.8) is 0 Å². The van der Waals surface area contributed by atoms with E-state index in [1.165, 1.54) is 4.90 Å². The molecule has 2 aromatic rings. The van der Waals surface area contributed by atoms with Gasteiger partial charge in [0, 0.05) is 12.0 Å². The van der Waals surface area contributed by atoms with Gasteiger partial charge in [-0.3, -0.25) is 14.5 Å². The van der Waals surface area contributed by atoms with E-state index in [-0.39, 0.29) is 19.1 Å². The Labute approximate surface area is 168 Å². The molecule has 0 aromatic heterocycles. The zero-order valence-corrected chi connectivity index (χ0v) is 16.0. The predicted octanol–water partition coefficient (Wildman–Crippen LogP) is 2.11. The molecule has 0 radical (unpaired) electrons. The highest BCUT2D eigenvalue weighted by atomic mass is 16.5. The lowest BCUT2D eigenvalue weighted by Gasteiger charge is -2.28. The lowest BCUT2D eigenvalue weighted by Crippen LogP contribution is -2.44. The minimum absolute atomic E-state index is 0.0935. The molecule has 8 nitrogen and oxygen atoms in total. The lowest BCUT2D eigenvalue weighted by molar-refractivity contribution is -0.125. The summed E-state index contributed by atoms with van der Waals surface area (Å²) < 4.78 is 16.7. The van der Waals surface area contributed by atoms with Crippen LogP contribution in [0.25, 0.3) is 0 Å². The molecule has 8 heteroatoms. The second kappa shape index (κ2) is 8.22. The number of anilines is 1. The Balaban J connectivity index is 1.43. The van der Waals surface area contributed by atoms with Gasteiger partial charge in [0.05, 0.1) is 24.6 Å². The Morgan fingerprint density at radius 2 is 1.86 bits per heavy atom. The van der Waals surface area contributed by atoms with Crippen LogP contribution < -0.4 is 24.5 Å². The van der Waals surface area contributed by atoms with Crippen LogP contribution in [0.2, 0.25) is 0 Å². The summed E-state index contributed by atoms with van der Waals surface area (Å²) in [5.41, 5.74) is 4.51. The Morgan fingerprint density at radius 1 is 1.07 bits per heavy atom. The molecule has 0 saturated heterocycles. The number of nitrogens with one attached hydrogen (secondary N) is 1. The van der Waals surface area contributed by atoms with Crippen LogP contribution in [0, 0.1) is 0 Å². The van der Waals surface area contributed by atoms with Crippen LogP contribution in [0.15, 0.2) is 47.6 Å². The maximum atomic E-state index is 12.4. The molecule has 2 amide bonds. The van der Waals surface area contributed by atoms with Gasteiger partial charge in [-0.05, 0) is 37.3 Å². The average molecular weight is 395 g/mol. The molecule has 0 saturated carbocycles. The number of ether oxygens (including phenoxy) is 3. The van der Waals surface area contributed by atoms with Crippen LogP contribution in [0.3, 0.4) is 0 Å². The molecule has 0 fully saturated rings. The molecule has 29 heavy (non-hydrogen) atoms. The van der Waals surface area contributed by atoms with Crippen molar-refractivity contribution in [2.24, 2.45) is 5.10 Å². The van der Waals surface area contributed by atoms with E-state index in [1.807, 2.05) is 24.3 Å². The van der Waals surface area contributed by atoms with Crippen LogP contribution in [0.1, 0.15) is 18.9 Å². The van der Waals surface area contributed by atoms with Crippen LogP contribution >= 0.6 is 0 Å². The van der Waals surface area contributed by atoms with Gasteiger partial charge in [-0.25, -0.2) is 5.43 Å². The maximum absolute atomic E-state index is 12.4. The summed E-state index contributed by atoms with van der Waals surface area (Å²) in [4.78, 5) is 26.0. The highest BCUT2D eigenvalue weighted by molar-refractivity contribution is 6.03. The number of carbonyl (C=O) groups is 2. The molecular weight excluding hydrogens is 374 g/mol. The van der Waals surface area contributed by atoms with E-state index in [0.29, 0.717) is 41.9 Å². The number of hydrazone groups is 1. The van der Waals surface area contributed by atoms with E-state index in [4.69, 9.17) is 14.2 Å². The van der Waals surface area contributed by atoms with Crippen molar-refractivity contribution in [3.05, 3.63) is 48.0 Å². The summed E-state index contributed by atoms with van der Waals surface area (Å²) in [6, 6.07) is 12.6. The van der Waals surface area contributed by atoms with E-state index in [1.54, 1.807) is 25.1 Å². The molecule has 0 spiro atoms. The van der Waals surface area contributed by atoms with Crippen LogP contribution in [-0.4, -0.2) is 43.9 Å². The Hall–Kier alpha value is -3.55. The molecule has 2 heterocycles. The minimum Gasteiger partial charge on any atom is -0.490 e. The van der Waals surface area contributed by atoms with E-state index < -0.39 is 5.91 Å². The van der Waals surface area contributed by atoms with Crippen LogP contribution in [0.5, 0.6) is 17.2 Å². The molecule has 0 bridgehead atoms. The summed E-state index contributed by atoms with van der Waals surface area (Å²) in [5.74, 6) is 1.27. The van der Waals surface area contributed by atoms with Gasteiger partial charge >= 0.3 is 0 Å². The first-order valence-electron chi connectivity index (χ1n) is 9.37. The predicted molar refractivity (Wildman–Crippen MR) is 107 cm³/mol. The van der Waals surface area contributed by atoms with Crippen molar-refractivity contribution in [2.75, 3.05) is 31.3 Å². The smallest absolute Gasteiger partial charge is 0.265 e. The van der Waals surface area contributed by atoms with Gasteiger partial charge in [-0.2, -0.15) is 5.10 Å². The third kappa shape index (κ3) is 4.16. The minimum atomic E-state index is -0.399. The summed E-state index contributed by atoms with van der Waals surface area (Å²) in [5, 5.41) is 4.16. The fraction of sp³-hybridized carbons (Fsp3) is 0.286. The molecule has 2 aliphatic heterocycles. The van der Waals surface area contributed by atoms with Gasteiger partial charge < -0.3 is 14.2 Å². The highest BCUT2D eigenvalue weighted by Crippen LogP contribution is 2.31. The number of hydrogen-bond acceptors (Lipinski definition) is 6. The number of amides is 2. The molecule has 150 valence electrons. The van der Waals surface area contributed by atoms with Crippen LogP contribution in [0.4, 0.5) is 5.69 Å². The number of rotatable bonds is 4. The summed E-state index contributed by atoms with van der Waals surface area (Å²) in [6.07, 6.45) is 0.830. The Morgan fingerprint density at radius 3 is 2.72 bits per heavy atom. The lowest BCUT2D eigenvalue weighted by atomic mass is 10.1. The number of carbonyl (C=O) groups excluding carboxylic acids is 2. The number of hydrogen-bond donors (Lipinski definition) is 1. The van der Waals surface area contributed by atoms with Crippen molar-refractivity contribution in [2.45, 2.75) is 13.3 Å². The average Bonchev–Trinajstić information content (AvgIpc) is 2.99. The van der Waals surface area contributed by atoms with Crippen LogP contribution in [-0.2, 0) is 9.59 Å². The molecule has 0 atom stereocenters. The van der Waals surface area contributed by atoms with Gasteiger partial charge in [0.1, 0.15) is 12.3 Å². The van der Waals surface area contributed by atoms with E-state index >= 15 is 0 Å². The van der Waals surface area contributed by atoms with E-state index in [0.717, 1.165) is 12.0 Å². The molecule has 2 aromatic carbocycles. The molecule has 2 aliphatic rings. The Bertz CT molecular complexity index is 973. The fourth-order valence-electron chi connectivity index (χ4n) is 3.11. The fourth-order valence-corrected chi connectivity index (χ4v) is 3.11. The molecule has 1 N–H and O–H groups in total. The molecule has 4 rings (SSSR count). The standard InChI is InChI=1S/C21H21N3O5/c1-14(15-7-8-18-19(11-15)28-10-4-9-27-18)22-23-20(25)12-24-16-5-2-3-6-17(16)29-13-21(24)26/h2-3,5-8,11H,4,9-10,12-13H2,1H3,(H,23,25)/b22-14-. The number of fused-ring (bicyclic) bond motifs is 2. The Kier molecular flexibility index (Phi) is 5.33. The normalized spacial score (nSPS) is 15.8. The molecule has 0 aliphatic carbocycles. The first-order chi connectivity index (χ1) is 14.1. The van der Waals surface area contributed by atoms with Gasteiger partial charge in [-0.15, -0.1) is 0 Å². The summed E-state index contributed by atoms with van der Waals surface area (Å²) in [6.45, 7) is 2.77. The topological polar surface area (TPSA) is 89.5 Å². The first kappa shape index (κ1) is 18.8. The first-order valence-corrected chi connectivity index (χ1v) is 9.37. The van der Waals surface area contributed by atoms with E-state index in [9.17, 15) is 9.59 Å².